The van der Waals surface area contributed by atoms with Gasteiger partial charge in [0, 0.05) is 26.3 Å². The number of hydrogen-bond donors (Lipinski definition) is 1. The van der Waals surface area contributed by atoms with E-state index in [2.05, 4.69) is 15.7 Å². The van der Waals surface area contributed by atoms with Gasteiger partial charge in [0.15, 0.2) is 0 Å². The van der Waals surface area contributed by atoms with Crippen molar-refractivity contribution < 1.29 is 13.2 Å². The second kappa shape index (κ2) is 10.0. The molecule has 0 aromatic heterocycles. The summed E-state index contributed by atoms with van der Waals surface area (Å²) < 4.78 is 33.2. The smallest absolute Gasteiger partial charge is 0.240 e. The fraction of sp³-hybridized carbons (Fsp3) is 0.682. The van der Waals surface area contributed by atoms with Crippen LogP contribution in [0.4, 0.5) is 0 Å². The van der Waals surface area contributed by atoms with E-state index in [9.17, 15) is 13.7 Å². The molecule has 0 aliphatic carbocycles. The van der Waals surface area contributed by atoms with E-state index >= 15 is 0 Å². The molecular weight excluding hydrogens is 386 g/mol. The SMILES string of the molecule is Cc1ccc(S(=O)(=O)NC[C@@H]2CCCN(CCCC3(C#N)CCOCC3)C2)cc1. The van der Waals surface area contributed by atoms with Crippen molar-refractivity contribution in [2.45, 2.75) is 50.3 Å². The van der Waals surface area contributed by atoms with Crippen LogP contribution >= 0.6 is 0 Å². The van der Waals surface area contributed by atoms with Crippen LogP contribution in [0.2, 0.25) is 0 Å². The Hall–Kier alpha value is -1.46. The van der Waals surface area contributed by atoms with Gasteiger partial charge < -0.3 is 9.64 Å². The summed E-state index contributed by atoms with van der Waals surface area (Å²) in [6.45, 7) is 6.77. The second-order valence-corrected chi connectivity index (χ2v) is 10.3. The number of sulfonamides is 1. The molecule has 2 heterocycles. The predicted octanol–water partition coefficient (Wildman–Crippen LogP) is 3.09. The third-order valence-corrected chi connectivity index (χ3v) is 7.75. The lowest BCUT2D eigenvalue weighted by atomic mass is 9.78. The quantitative estimate of drug-likeness (QED) is 0.700. The number of piperidine rings is 1. The first kappa shape index (κ1) is 22.2. The normalized spacial score (nSPS) is 22.8. The van der Waals surface area contributed by atoms with Crippen molar-refractivity contribution in [2.75, 3.05) is 39.4 Å². The van der Waals surface area contributed by atoms with Gasteiger partial charge in [0.2, 0.25) is 10.0 Å². The molecular formula is C22H33N3O3S. The maximum absolute atomic E-state index is 12.5. The number of benzene rings is 1. The third-order valence-electron chi connectivity index (χ3n) is 6.31. The van der Waals surface area contributed by atoms with Gasteiger partial charge in [-0.25, -0.2) is 13.1 Å². The molecule has 29 heavy (non-hydrogen) atoms. The topological polar surface area (TPSA) is 82.4 Å². The number of hydrogen-bond acceptors (Lipinski definition) is 5. The van der Waals surface area contributed by atoms with Crippen LogP contribution in [0.15, 0.2) is 29.2 Å². The summed E-state index contributed by atoms with van der Waals surface area (Å²) in [7, 11) is -3.45. The maximum Gasteiger partial charge on any atom is 0.240 e. The molecule has 3 rings (SSSR count). The molecule has 0 unspecified atom stereocenters. The van der Waals surface area contributed by atoms with Crippen molar-refractivity contribution in [1.29, 1.82) is 5.26 Å². The van der Waals surface area contributed by atoms with E-state index in [1.54, 1.807) is 12.1 Å². The van der Waals surface area contributed by atoms with E-state index in [0.29, 0.717) is 30.6 Å². The Morgan fingerprint density at radius 3 is 2.69 bits per heavy atom. The van der Waals surface area contributed by atoms with Gasteiger partial charge in [-0.2, -0.15) is 5.26 Å². The van der Waals surface area contributed by atoms with E-state index < -0.39 is 10.0 Å². The number of ether oxygens (including phenoxy) is 1. The van der Waals surface area contributed by atoms with E-state index in [1.165, 1.54) is 0 Å². The van der Waals surface area contributed by atoms with Gasteiger partial charge >= 0.3 is 0 Å². The van der Waals surface area contributed by atoms with Crippen molar-refractivity contribution in [3.8, 4) is 6.07 Å². The Bertz CT molecular complexity index is 796. The van der Waals surface area contributed by atoms with Crippen LogP contribution in [-0.2, 0) is 14.8 Å². The first-order valence-electron chi connectivity index (χ1n) is 10.7. The summed E-state index contributed by atoms with van der Waals surface area (Å²) in [6, 6.07) is 9.51. The molecule has 1 N–H and O–H groups in total. The number of nitriles is 1. The van der Waals surface area contributed by atoms with Gasteiger partial charge in [-0.1, -0.05) is 17.7 Å². The first-order valence-corrected chi connectivity index (χ1v) is 12.2. The standard InChI is InChI=1S/C22H33N3O3S/c1-19-5-7-21(8-6-19)29(26,27)24-16-20-4-2-12-25(17-20)13-3-9-22(18-23)10-14-28-15-11-22/h5-8,20,24H,2-4,9-17H2,1H3/t20-/m0/s1. The lowest BCUT2D eigenvalue weighted by molar-refractivity contribution is 0.0343. The highest BCUT2D eigenvalue weighted by Crippen LogP contribution is 2.34. The van der Waals surface area contributed by atoms with Gasteiger partial charge in [0.25, 0.3) is 0 Å². The van der Waals surface area contributed by atoms with Crippen LogP contribution < -0.4 is 4.72 Å². The average Bonchev–Trinajstić information content (AvgIpc) is 2.74. The number of nitrogens with one attached hydrogen (secondary N) is 1. The number of nitrogens with zero attached hydrogens (tertiary/aromatic N) is 2. The van der Waals surface area contributed by atoms with Crippen LogP contribution in [0.3, 0.4) is 0 Å². The van der Waals surface area contributed by atoms with Crippen LogP contribution in [0.25, 0.3) is 0 Å². The zero-order valence-electron chi connectivity index (χ0n) is 17.4. The number of aryl methyl sites for hydroxylation is 1. The Morgan fingerprint density at radius 2 is 2.00 bits per heavy atom. The van der Waals surface area contributed by atoms with Crippen molar-refractivity contribution >= 4 is 10.0 Å². The largest absolute Gasteiger partial charge is 0.381 e. The van der Waals surface area contributed by atoms with Crippen LogP contribution in [0, 0.1) is 29.6 Å². The zero-order valence-corrected chi connectivity index (χ0v) is 18.2. The summed E-state index contributed by atoms with van der Waals surface area (Å²) in [6.07, 6.45) is 5.75. The van der Waals surface area contributed by atoms with E-state index in [0.717, 1.165) is 63.7 Å². The average molecular weight is 420 g/mol. The maximum atomic E-state index is 12.5. The Kier molecular flexibility index (Phi) is 7.69. The summed E-state index contributed by atoms with van der Waals surface area (Å²) in [4.78, 5) is 2.76. The van der Waals surface area contributed by atoms with Gasteiger partial charge in [-0.3, -0.25) is 0 Å². The molecule has 2 saturated heterocycles. The Balaban J connectivity index is 1.44. The molecule has 1 atom stereocenters. The van der Waals surface area contributed by atoms with E-state index in [-0.39, 0.29) is 5.41 Å². The highest BCUT2D eigenvalue weighted by molar-refractivity contribution is 7.89. The fourth-order valence-corrected chi connectivity index (χ4v) is 5.49. The molecule has 6 nitrogen and oxygen atoms in total. The molecule has 1 aromatic carbocycles. The summed E-state index contributed by atoms with van der Waals surface area (Å²) in [5, 5.41) is 9.59. The summed E-state index contributed by atoms with van der Waals surface area (Å²) in [5.74, 6) is 0.331. The molecule has 7 heteroatoms. The predicted molar refractivity (Wildman–Crippen MR) is 113 cm³/mol. The first-order chi connectivity index (χ1) is 13.9. The molecule has 2 fully saturated rings. The van der Waals surface area contributed by atoms with Crippen molar-refractivity contribution in [1.82, 2.24) is 9.62 Å². The number of likely N-dealkylation sites (tertiary alicyclic amines) is 1. The molecule has 1 aromatic rings. The molecule has 0 spiro atoms. The highest BCUT2D eigenvalue weighted by atomic mass is 32.2. The van der Waals surface area contributed by atoms with Crippen molar-refractivity contribution in [3.05, 3.63) is 29.8 Å². The molecule has 160 valence electrons. The number of rotatable bonds is 8. The molecule has 0 radical (unpaired) electrons. The molecule has 0 bridgehead atoms. The minimum absolute atomic E-state index is 0.211. The van der Waals surface area contributed by atoms with Gasteiger partial charge in [0.05, 0.1) is 16.4 Å². The van der Waals surface area contributed by atoms with Gasteiger partial charge in [-0.15, -0.1) is 0 Å². The lowest BCUT2D eigenvalue weighted by Gasteiger charge is -2.34. The fourth-order valence-electron chi connectivity index (χ4n) is 4.37. The van der Waals surface area contributed by atoms with Crippen molar-refractivity contribution in [3.63, 3.8) is 0 Å². The molecule has 2 aliphatic heterocycles. The monoisotopic (exact) mass is 419 g/mol. The van der Waals surface area contributed by atoms with E-state index in [4.69, 9.17) is 4.74 Å². The summed E-state index contributed by atoms with van der Waals surface area (Å²) in [5.41, 5.74) is 0.836. The Labute approximate surface area is 175 Å². The highest BCUT2D eigenvalue weighted by Gasteiger charge is 2.32. The molecule has 0 saturated carbocycles. The van der Waals surface area contributed by atoms with Crippen molar-refractivity contribution in [2.24, 2.45) is 11.3 Å². The summed E-state index contributed by atoms with van der Waals surface area (Å²) >= 11 is 0. The van der Waals surface area contributed by atoms with Gasteiger partial charge in [-0.05, 0) is 76.6 Å². The minimum Gasteiger partial charge on any atom is -0.381 e. The minimum atomic E-state index is -3.45. The molecule has 2 aliphatic rings. The van der Waals surface area contributed by atoms with E-state index in [1.807, 2.05) is 19.1 Å². The molecule has 0 amide bonds. The Morgan fingerprint density at radius 1 is 1.28 bits per heavy atom. The zero-order chi connectivity index (χ0) is 20.7. The van der Waals surface area contributed by atoms with Crippen LogP contribution in [0.1, 0.15) is 44.1 Å². The van der Waals surface area contributed by atoms with Gasteiger partial charge in [0.1, 0.15) is 0 Å². The second-order valence-electron chi connectivity index (χ2n) is 8.58. The third kappa shape index (κ3) is 6.26. The lowest BCUT2D eigenvalue weighted by Crippen LogP contribution is -2.41. The van der Waals surface area contributed by atoms with Crippen LogP contribution in [0.5, 0.6) is 0 Å². The van der Waals surface area contributed by atoms with Crippen LogP contribution in [-0.4, -0.2) is 52.7 Å².